The molecule has 1 aliphatic heterocycles. The number of hydrogen-bond acceptors (Lipinski definition) is 4. The van der Waals surface area contributed by atoms with Crippen LogP contribution in [0.1, 0.15) is 19.4 Å². The average Bonchev–Trinajstić information content (AvgIpc) is 2.20. The maximum atomic E-state index is 11.7. The Balaban J connectivity index is 2.38. The average molecular weight is 301 g/mol. The van der Waals surface area contributed by atoms with Crippen LogP contribution in [0.5, 0.6) is 0 Å². The van der Waals surface area contributed by atoms with Gasteiger partial charge in [-0.3, -0.25) is 0 Å². The Morgan fingerprint density at radius 2 is 1.47 bits per heavy atom. The summed E-state index contributed by atoms with van der Waals surface area (Å²) in [5.74, 6) is -2.73. The highest BCUT2D eigenvalue weighted by atomic mass is 35.5. The van der Waals surface area contributed by atoms with Gasteiger partial charge < -0.3 is 9.47 Å². The van der Waals surface area contributed by atoms with Crippen LogP contribution in [0.15, 0.2) is 23.8 Å². The lowest BCUT2D eigenvalue weighted by Gasteiger charge is -2.29. The first kappa shape index (κ1) is 13.9. The van der Waals surface area contributed by atoms with E-state index in [0.29, 0.717) is 15.6 Å². The smallest absolute Gasteiger partial charge is 0.348 e. The van der Waals surface area contributed by atoms with Gasteiger partial charge in [-0.2, -0.15) is 0 Å². The van der Waals surface area contributed by atoms with Gasteiger partial charge in [0.1, 0.15) is 5.57 Å². The Morgan fingerprint density at radius 3 is 1.95 bits per heavy atom. The van der Waals surface area contributed by atoms with Crippen molar-refractivity contribution in [2.45, 2.75) is 19.6 Å². The minimum Gasteiger partial charge on any atom is -0.419 e. The molecule has 19 heavy (non-hydrogen) atoms. The molecule has 4 nitrogen and oxygen atoms in total. The summed E-state index contributed by atoms with van der Waals surface area (Å²) < 4.78 is 9.95. The van der Waals surface area contributed by atoms with Crippen molar-refractivity contribution in [3.63, 3.8) is 0 Å². The number of ether oxygens (including phenoxy) is 2. The predicted octanol–water partition coefficient (Wildman–Crippen LogP) is 3.21. The molecule has 0 aromatic heterocycles. The van der Waals surface area contributed by atoms with Gasteiger partial charge in [-0.1, -0.05) is 23.2 Å². The number of carbonyl (C=O) groups excluding carboxylic acids is 2. The fourth-order valence-electron chi connectivity index (χ4n) is 1.60. The first-order chi connectivity index (χ1) is 8.77. The number of rotatable bonds is 1. The van der Waals surface area contributed by atoms with Crippen LogP contribution in [0.2, 0.25) is 10.0 Å². The molecule has 1 aromatic carbocycles. The zero-order chi connectivity index (χ0) is 14.2. The lowest BCUT2D eigenvalue weighted by atomic mass is 10.1. The normalized spacial score (nSPS) is 17.8. The third kappa shape index (κ3) is 3.28. The van der Waals surface area contributed by atoms with Gasteiger partial charge in [-0.15, -0.1) is 0 Å². The quantitative estimate of drug-likeness (QED) is 0.454. The highest BCUT2D eigenvalue weighted by Gasteiger charge is 2.38. The predicted molar refractivity (Wildman–Crippen MR) is 70.7 cm³/mol. The molecule has 0 N–H and O–H groups in total. The molecule has 100 valence electrons. The van der Waals surface area contributed by atoms with E-state index in [4.69, 9.17) is 32.7 Å². The van der Waals surface area contributed by atoms with E-state index in [1.165, 1.54) is 19.9 Å². The molecule has 0 atom stereocenters. The largest absolute Gasteiger partial charge is 0.419 e. The fraction of sp³-hybridized carbons (Fsp3) is 0.231. The monoisotopic (exact) mass is 300 g/mol. The van der Waals surface area contributed by atoms with Crippen molar-refractivity contribution >= 4 is 41.2 Å². The highest BCUT2D eigenvalue weighted by molar-refractivity contribution is 6.35. The molecule has 2 rings (SSSR count). The van der Waals surface area contributed by atoms with Gasteiger partial charge in [-0.05, 0) is 29.8 Å². The first-order valence-electron chi connectivity index (χ1n) is 5.41. The van der Waals surface area contributed by atoms with Crippen molar-refractivity contribution in [1.29, 1.82) is 0 Å². The Morgan fingerprint density at radius 1 is 1.00 bits per heavy atom. The van der Waals surface area contributed by atoms with Crippen molar-refractivity contribution in [1.82, 2.24) is 0 Å². The molecule has 0 bridgehead atoms. The summed E-state index contributed by atoms with van der Waals surface area (Å²) in [6.07, 6.45) is 1.33. The van der Waals surface area contributed by atoms with Crippen molar-refractivity contribution in [2.24, 2.45) is 0 Å². The van der Waals surface area contributed by atoms with Crippen LogP contribution in [0, 0.1) is 0 Å². The second kappa shape index (κ2) is 4.87. The molecule has 0 aliphatic carbocycles. The lowest BCUT2D eigenvalue weighted by Crippen LogP contribution is -2.41. The Bertz CT molecular complexity index is 548. The second-order valence-corrected chi connectivity index (χ2v) is 5.31. The number of halogens is 2. The number of carbonyl (C=O) groups is 2. The molecular formula is C13H10Cl2O4. The summed E-state index contributed by atoms with van der Waals surface area (Å²) in [6, 6.07) is 4.69. The molecule has 1 saturated heterocycles. The molecule has 1 fully saturated rings. The summed E-state index contributed by atoms with van der Waals surface area (Å²) >= 11 is 11.7. The van der Waals surface area contributed by atoms with Crippen LogP contribution >= 0.6 is 23.2 Å². The van der Waals surface area contributed by atoms with E-state index in [-0.39, 0.29) is 5.57 Å². The van der Waals surface area contributed by atoms with Crippen LogP contribution in [-0.4, -0.2) is 17.7 Å². The molecule has 1 heterocycles. The molecule has 0 radical (unpaired) electrons. The van der Waals surface area contributed by atoms with E-state index in [1.54, 1.807) is 18.2 Å². The molecule has 0 unspecified atom stereocenters. The molecule has 1 aromatic rings. The van der Waals surface area contributed by atoms with Gasteiger partial charge in [0.2, 0.25) is 0 Å². The Kier molecular flexibility index (Phi) is 3.56. The van der Waals surface area contributed by atoms with Gasteiger partial charge in [-0.25, -0.2) is 9.59 Å². The Labute approximate surface area is 119 Å². The van der Waals surface area contributed by atoms with E-state index in [2.05, 4.69) is 0 Å². The van der Waals surface area contributed by atoms with Crippen LogP contribution in [0.25, 0.3) is 6.08 Å². The highest BCUT2D eigenvalue weighted by Crippen LogP contribution is 2.26. The standard InChI is InChI=1S/C13H10Cl2O4/c1-13(2)18-11(16)10(12(17)19-13)5-7-3-8(14)6-9(15)4-7/h3-6H,1-2H3. The van der Waals surface area contributed by atoms with E-state index in [0.717, 1.165) is 0 Å². The maximum absolute atomic E-state index is 11.7. The van der Waals surface area contributed by atoms with E-state index in [1.807, 2.05) is 0 Å². The fourth-order valence-corrected chi connectivity index (χ4v) is 2.15. The van der Waals surface area contributed by atoms with Gasteiger partial charge in [0.05, 0.1) is 0 Å². The van der Waals surface area contributed by atoms with Crippen molar-refractivity contribution in [2.75, 3.05) is 0 Å². The number of esters is 2. The lowest BCUT2D eigenvalue weighted by molar-refractivity contribution is -0.222. The summed E-state index contributed by atoms with van der Waals surface area (Å²) in [7, 11) is 0. The summed E-state index contributed by atoms with van der Waals surface area (Å²) in [5, 5.41) is 0.800. The summed E-state index contributed by atoms with van der Waals surface area (Å²) in [6.45, 7) is 2.96. The summed E-state index contributed by atoms with van der Waals surface area (Å²) in [5.41, 5.74) is 0.318. The van der Waals surface area contributed by atoms with Gasteiger partial charge >= 0.3 is 11.9 Å². The van der Waals surface area contributed by atoms with Crippen LogP contribution in [-0.2, 0) is 19.1 Å². The molecule has 6 heteroatoms. The van der Waals surface area contributed by atoms with Gasteiger partial charge in [0, 0.05) is 23.9 Å². The van der Waals surface area contributed by atoms with Crippen LogP contribution < -0.4 is 0 Å². The summed E-state index contributed by atoms with van der Waals surface area (Å²) in [4.78, 5) is 23.5. The van der Waals surface area contributed by atoms with Crippen LogP contribution in [0.3, 0.4) is 0 Å². The van der Waals surface area contributed by atoms with E-state index < -0.39 is 17.7 Å². The zero-order valence-electron chi connectivity index (χ0n) is 10.2. The third-order valence-corrected chi connectivity index (χ3v) is 2.75. The molecule has 0 saturated carbocycles. The zero-order valence-corrected chi connectivity index (χ0v) is 11.7. The van der Waals surface area contributed by atoms with Crippen molar-refractivity contribution in [3.05, 3.63) is 39.4 Å². The number of cyclic esters (lactones) is 2. The Hall–Kier alpha value is -1.52. The minimum atomic E-state index is -1.25. The topological polar surface area (TPSA) is 52.6 Å². The minimum absolute atomic E-state index is 0.197. The van der Waals surface area contributed by atoms with Crippen molar-refractivity contribution < 1.29 is 19.1 Å². The van der Waals surface area contributed by atoms with Crippen molar-refractivity contribution in [3.8, 4) is 0 Å². The van der Waals surface area contributed by atoms with E-state index in [9.17, 15) is 9.59 Å². The molecular weight excluding hydrogens is 291 g/mol. The third-order valence-electron chi connectivity index (χ3n) is 2.31. The van der Waals surface area contributed by atoms with E-state index >= 15 is 0 Å². The molecule has 1 aliphatic rings. The second-order valence-electron chi connectivity index (χ2n) is 4.44. The molecule has 0 spiro atoms. The van der Waals surface area contributed by atoms with Gasteiger partial charge in [0.25, 0.3) is 5.79 Å². The maximum Gasteiger partial charge on any atom is 0.348 e. The number of benzene rings is 1. The first-order valence-corrected chi connectivity index (χ1v) is 6.17. The SMILES string of the molecule is CC1(C)OC(=O)C(=Cc2cc(Cl)cc(Cl)c2)C(=O)O1. The molecule has 0 amide bonds. The number of hydrogen-bond donors (Lipinski definition) is 0. The van der Waals surface area contributed by atoms with Crippen LogP contribution in [0.4, 0.5) is 0 Å². The van der Waals surface area contributed by atoms with Gasteiger partial charge in [0.15, 0.2) is 0 Å².